The lowest BCUT2D eigenvalue weighted by Gasteiger charge is -2.15. The minimum atomic E-state index is -0.153. The van der Waals surface area contributed by atoms with E-state index in [0.717, 1.165) is 28.9 Å². The number of nitrogens with zero attached hydrogens (tertiary/aromatic N) is 1. The van der Waals surface area contributed by atoms with Crippen molar-refractivity contribution in [1.82, 2.24) is 4.90 Å². The smallest absolute Gasteiger partial charge is 0.268 e. The normalized spacial score (nSPS) is 14.0. The van der Waals surface area contributed by atoms with Crippen molar-refractivity contribution in [3.63, 3.8) is 0 Å². The lowest BCUT2D eigenvalue weighted by atomic mass is 10.0. The summed E-state index contributed by atoms with van der Waals surface area (Å²) in [4.78, 5) is 29.7. The van der Waals surface area contributed by atoms with Crippen LogP contribution in [0.25, 0.3) is 5.57 Å². The van der Waals surface area contributed by atoms with Crippen LogP contribution in [0.4, 0.5) is 0 Å². The van der Waals surface area contributed by atoms with Gasteiger partial charge in [-0.15, -0.1) is 0 Å². The third kappa shape index (κ3) is 6.13. The fourth-order valence-electron chi connectivity index (χ4n) is 4.01. The van der Waals surface area contributed by atoms with Crippen molar-refractivity contribution in [2.45, 2.75) is 77.0 Å². The monoisotopic (exact) mass is 449 g/mol. The van der Waals surface area contributed by atoms with Gasteiger partial charge in [0.2, 0.25) is 0 Å². The molecule has 32 heavy (non-hydrogen) atoms. The second-order valence-electron chi connectivity index (χ2n) is 8.66. The molecule has 0 aromatic heterocycles. The van der Waals surface area contributed by atoms with Crippen LogP contribution in [-0.2, 0) is 9.59 Å². The number of carbonyl (C=O) groups is 2. The highest BCUT2D eigenvalue weighted by Crippen LogP contribution is 2.40. The fourth-order valence-corrected chi connectivity index (χ4v) is 5.05. The number of benzene rings is 2. The van der Waals surface area contributed by atoms with Crippen molar-refractivity contribution in [2.24, 2.45) is 0 Å². The van der Waals surface area contributed by atoms with Crippen LogP contribution < -0.4 is 0 Å². The van der Waals surface area contributed by atoms with Gasteiger partial charge in [-0.2, -0.15) is 0 Å². The maximum atomic E-state index is 13.4. The van der Waals surface area contributed by atoms with Crippen molar-refractivity contribution in [2.75, 3.05) is 6.54 Å². The summed E-state index contributed by atoms with van der Waals surface area (Å²) in [5, 5.41) is 0. The maximum Gasteiger partial charge on any atom is 0.268 e. The number of rotatable bonds is 12. The zero-order valence-electron chi connectivity index (χ0n) is 19.7. The molecule has 1 aliphatic rings. The highest BCUT2D eigenvalue weighted by atomic mass is 32.2. The van der Waals surface area contributed by atoms with Crippen LogP contribution >= 0.6 is 11.8 Å². The number of imide groups is 1. The summed E-state index contributed by atoms with van der Waals surface area (Å²) in [5.74, 6) is -0.306. The first kappa shape index (κ1) is 24.3. The van der Waals surface area contributed by atoms with E-state index in [4.69, 9.17) is 0 Å². The average Bonchev–Trinajstić information content (AvgIpc) is 3.02. The number of hydrogen-bond acceptors (Lipinski definition) is 3. The Morgan fingerprint density at radius 1 is 0.750 bits per heavy atom. The lowest BCUT2D eigenvalue weighted by Crippen LogP contribution is -2.32. The summed E-state index contributed by atoms with van der Waals surface area (Å²) in [7, 11) is 0. The molecule has 0 fully saturated rings. The molecule has 0 saturated carbocycles. The molecule has 0 aliphatic carbocycles. The molecule has 0 unspecified atom stereocenters. The predicted octanol–water partition coefficient (Wildman–Crippen LogP) is 7.32. The number of carbonyl (C=O) groups excluding carboxylic acids is 2. The summed E-state index contributed by atoms with van der Waals surface area (Å²) < 4.78 is 0. The standard InChI is InChI=1S/C28H35NO2S/c1-4-5-6-7-8-9-10-14-19-29-27(30)25(23-18-17-21(2)22(3)20-23)26(28(29)31)32-24-15-12-11-13-16-24/h11-13,15-18,20H,4-10,14,19H2,1-3H3. The molecule has 4 heteroatoms. The van der Waals surface area contributed by atoms with Gasteiger partial charge in [0, 0.05) is 11.4 Å². The summed E-state index contributed by atoms with van der Waals surface area (Å²) in [5.41, 5.74) is 3.69. The highest BCUT2D eigenvalue weighted by molar-refractivity contribution is 8.04. The van der Waals surface area contributed by atoms with Gasteiger partial charge in [0.25, 0.3) is 11.8 Å². The predicted molar refractivity (Wildman–Crippen MR) is 134 cm³/mol. The summed E-state index contributed by atoms with van der Waals surface area (Å²) in [6.45, 7) is 6.83. The van der Waals surface area contributed by atoms with Crippen molar-refractivity contribution < 1.29 is 9.59 Å². The minimum absolute atomic E-state index is 0.153. The number of unbranched alkanes of at least 4 members (excludes halogenated alkanes) is 7. The largest absolute Gasteiger partial charge is 0.274 e. The van der Waals surface area contributed by atoms with E-state index in [1.54, 1.807) is 0 Å². The van der Waals surface area contributed by atoms with Crippen LogP contribution in [0.2, 0.25) is 0 Å². The molecule has 0 spiro atoms. The number of aryl methyl sites for hydroxylation is 2. The second kappa shape index (κ2) is 12.1. The first-order valence-electron chi connectivity index (χ1n) is 11.9. The van der Waals surface area contributed by atoms with Gasteiger partial charge in [-0.25, -0.2) is 0 Å². The summed E-state index contributed by atoms with van der Waals surface area (Å²) in [6.07, 6.45) is 9.50. The Labute approximate surface area is 197 Å². The van der Waals surface area contributed by atoms with Gasteiger partial charge in [-0.05, 0) is 49.1 Å². The first-order chi connectivity index (χ1) is 15.5. The number of hydrogen-bond donors (Lipinski definition) is 0. The fraction of sp³-hybridized carbons (Fsp3) is 0.429. The molecule has 0 atom stereocenters. The molecule has 1 heterocycles. The minimum Gasteiger partial charge on any atom is -0.274 e. The second-order valence-corrected chi connectivity index (χ2v) is 9.74. The molecular formula is C28H35NO2S. The Kier molecular flexibility index (Phi) is 9.16. The lowest BCUT2D eigenvalue weighted by molar-refractivity contribution is -0.136. The molecule has 3 nitrogen and oxygen atoms in total. The van der Waals surface area contributed by atoms with E-state index in [-0.39, 0.29) is 11.8 Å². The van der Waals surface area contributed by atoms with E-state index in [1.165, 1.54) is 60.8 Å². The Morgan fingerprint density at radius 2 is 1.41 bits per heavy atom. The maximum absolute atomic E-state index is 13.4. The third-order valence-electron chi connectivity index (χ3n) is 6.12. The van der Waals surface area contributed by atoms with Gasteiger partial charge in [-0.1, -0.05) is 100 Å². The van der Waals surface area contributed by atoms with Crippen LogP contribution in [0.15, 0.2) is 58.3 Å². The van der Waals surface area contributed by atoms with Crippen molar-refractivity contribution in [1.29, 1.82) is 0 Å². The van der Waals surface area contributed by atoms with E-state index in [1.807, 2.05) is 55.5 Å². The molecule has 0 saturated heterocycles. The number of amides is 2. The van der Waals surface area contributed by atoms with Crippen LogP contribution in [0.5, 0.6) is 0 Å². The molecule has 170 valence electrons. The Hall–Kier alpha value is -2.33. The van der Waals surface area contributed by atoms with E-state index in [2.05, 4.69) is 13.8 Å². The van der Waals surface area contributed by atoms with Gasteiger partial charge in [0.05, 0.1) is 10.5 Å². The van der Waals surface area contributed by atoms with Crippen LogP contribution in [-0.4, -0.2) is 23.3 Å². The zero-order valence-corrected chi connectivity index (χ0v) is 20.5. The molecule has 0 N–H and O–H groups in total. The molecule has 2 aromatic carbocycles. The van der Waals surface area contributed by atoms with Crippen molar-refractivity contribution in [3.05, 3.63) is 70.1 Å². The van der Waals surface area contributed by atoms with Gasteiger partial charge in [0.15, 0.2) is 0 Å². The van der Waals surface area contributed by atoms with Gasteiger partial charge in [-0.3, -0.25) is 14.5 Å². The highest BCUT2D eigenvalue weighted by Gasteiger charge is 2.39. The van der Waals surface area contributed by atoms with Crippen LogP contribution in [0.3, 0.4) is 0 Å². The Bertz CT molecular complexity index is 965. The SMILES string of the molecule is CCCCCCCCCCN1C(=O)C(Sc2ccccc2)=C(c2ccc(C)c(C)c2)C1=O. The van der Waals surface area contributed by atoms with Crippen LogP contribution in [0.1, 0.15) is 75.0 Å². The van der Waals surface area contributed by atoms with Crippen molar-refractivity contribution in [3.8, 4) is 0 Å². The summed E-state index contributed by atoms with van der Waals surface area (Å²) >= 11 is 1.40. The first-order valence-corrected chi connectivity index (χ1v) is 12.8. The number of thioether (sulfide) groups is 1. The van der Waals surface area contributed by atoms with Crippen molar-refractivity contribution >= 4 is 29.1 Å². The molecule has 3 rings (SSSR count). The Morgan fingerprint density at radius 3 is 2.06 bits per heavy atom. The van der Waals surface area contributed by atoms with Gasteiger partial charge >= 0.3 is 0 Å². The van der Waals surface area contributed by atoms with Gasteiger partial charge < -0.3 is 0 Å². The summed E-state index contributed by atoms with van der Waals surface area (Å²) in [6, 6.07) is 15.9. The molecular weight excluding hydrogens is 414 g/mol. The zero-order chi connectivity index (χ0) is 22.9. The third-order valence-corrected chi connectivity index (χ3v) is 7.21. The topological polar surface area (TPSA) is 37.4 Å². The Balaban J connectivity index is 1.72. The molecule has 0 bridgehead atoms. The van der Waals surface area contributed by atoms with E-state index in [0.29, 0.717) is 17.0 Å². The quantitative estimate of drug-likeness (QED) is 0.252. The molecule has 1 aliphatic heterocycles. The molecule has 2 amide bonds. The molecule has 0 radical (unpaired) electrons. The van der Waals surface area contributed by atoms with E-state index < -0.39 is 0 Å². The molecule has 2 aromatic rings. The van der Waals surface area contributed by atoms with Gasteiger partial charge in [0.1, 0.15) is 0 Å². The van der Waals surface area contributed by atoms with E-state index >= 15 is 0 Å². The van der Waals surface area contributed by atoms with Crippen LogP contribution in [0, 0.1) is 13.8 Å². The average molecular weight is 450 g/mol. The van der Waals surface area contributed by atoms with E-state index in [9.17, 15) is 9.59 Å².